The number of hydrogen-bond acceptors (Lipinski definition) is 6. The minimum atomic E-state index is -0.773. The van der Waals surface area contributed by atoms with E-state index in [1.54, 1.807) is 0 Å². The molecule has 0 amide bonds. The van der Waals surface area contributed by atoms with Gasteiger partial charge in [0.05, 0.1) is 0 Å². The molecule has 6 heteroatoms. The van der Waals surface area contributed by atoms with Crippen LogP contribution in [0.3, 0.4) is 0 Å². The van der Waals surface area contributed by atoms with Crippen LogP contribution in [0.4, 0.5) is 0 Å². The average Bonchev–Trinajstić information content (AvgIpc) is 3.21. The van der Waals surface area contributed by atoms with E-state index in [0.29, 0.717) is 19.3 Å². The van der Waals surface area contributed by atoms with Crippen LogP contribution in [-0.4, -0.2) is 37.2 Å². The molecule has 0 heterocycles. The zero-order valence-electron chi connectivity index (χ0n) is 38.1. The predicted molar refractivity (Wildman–Crippen MR) is 243 cm³/mol. The maximum Gasteiger partial charge on any atom is 0.306 e. The van der Waals surface area contributed by atoms with Crippen LogP contribution in [0.25, 0.3) is 0 Å². The fourth-order valence-corrected chi connectivity index (χ4v) is 7.14. The van der Waals surface area contributed by atoms with Gasteiger partial charge in [-0.05, 0) is 70.6 Å². The lowest BCUT2D eigenvalue weighted by Gasteiger charge is -2.18. The highest BCUT2D eigenvalue weighted by molar-refractivity contribution is 5.71. The maximum absolute atomic E-state index is 12.7. The van der Waals surface area contributed by atoms with E-state index in [4.69, 9.17) is 14.2 Å². The zero-order chi connectivity index (χ0) is 41.5. The number of carbonyl (C=O) groups is 3. The van der Waals surface area contributed by atoms with Gasteiger partial charge in [0, 0.05) is 19.3 Å². The Morgan fingerprint density at radius 3 is 0.895 bits per heavy atom. The summed E-state index contributed by atoms with van der Waals surface area (Å²) < 4.78 is 16.7. The third kappa shape index (κ3) is 44.8. The van der Waals surface area contributed by atoms with Gasteiger partial charge >= 0.3 is 17.9 Å². The molecule has 0 aliphatic carbocycles. The molecule has 0 aromatic heterocycles. The normalized spacial score (nSPS) is 12.1. The van der Waals surface area contributed by atoms with Crippen LogP contribution < -0.4 is 0 Å². The molecule has 0 aliphatic rings. The molecule has 0 radical (unpaired) electrons. The number of carbonyl (C=O) groups excluding carboxylic acids is 3. The summed E-state index contributed by atoms with van der Waals surface area (Å²) in [5, 5.41) is 0. The molecule has 0 bridgehead atoms. The summed E-state index contributed by atoms with van der Waals surface area (Å²) >= 11 is 0. The Morgan fingerprint density at radius 1 is 0.333 bits per heavy atom. The highest BCUT2D eigenvalue weighted by Gasteiger charge is 2.19. The lowest BCUT2D eigenvalue weighted by Crippen LogP contribution is -2.30. The SMILES string of the molecule is CCCCCC/C=C\CCCCCCCC(=O)O[C@@H](COC(=O)CCCCCCC/C=C\CCCCCCCC)COC(=O)CCCCCCCCCCCCC. The van der Waals surface area contributed by atoms with Gasteiger partial charge in [-0.15, -0.1) is 0 Å². The molecule has 0 aromatic carbocycles. The topological polar surface area (TPSA) is 78.9 Å². The molecular formula is C51H94O6. The van der Waals surface area contributed by atoms with E-state index >= 15 is 0 Å². The van der Waals surface area contributed by atoms with Crippen molar-refractivity contribution < 1.29 is 28.6 Å². The Kier molecular flexibility index (Phi) is 44.9. The Hall–Kier alpha value is -2.11. The summed E-state index contributed by atoms with van der Waals surface area (Å²) in [4.78, 5) is 37.8. The Balaban J connectivity index is 4.36. The second-order valence-electron chi connectivity index (χ2n) is 16.7. The van der Waals surface area contributed by atoms with Gasteiger partial charge in [-0.3, -0.25) is 14.4 Å². The van der Waals surface area contributed by atoms with Gasteiger partial charge in [-0.2, -0.15) is 0 Å². The van der Waals surface area contributed by atoms with Crippen molar-refractivity contribution in [3.63, 3.8) is 0 Å². The second kappa shape index (κ2) is 46.6. The molecule has 334 valence electrons. The van der Waals surface area contributed by atoms with Gasteiger partial charge < -0.3 is 14.2 Å². The van der Waals surface area contributed by atoms with Crippen molar-refractivity contribution >= 4 is 17.9 Å². The minimum Gasteiger partial charge on any atom is -0.462 e. The molecule has 0 saturated heterocycles. The number of unbranched alkanes of at least 4 members (excludes halogenated alkanes) is 30. The van der Waals surface area contributed by atoms with E-state index in [0.717, 1.165) is 70.6 Å². The van der Waals surface area contributed by atoms with E-state index in [9.17, 15) is 14.4 Å². The Labute approximate surface area is 353 Å². The standard InChI is InChI=1S/C51H94O6/c1-4-7-10-13-16-19-22-24-25-27-29-32-35-38-41-44-50(53)56-47-48(46-55-49(52)43-40-37-34-31-28-21-18-15-12-9-6-3)57-51(54)45-42-39-36-33-30-26-23-20-17-14-11-8-5-2/h20,23-25,48H,4-19,21-22,26-47H2,1-3H3/b23-20-,25-24-/t48-/m1/s1. The molecule has 6 nitrogen and oxygen atoms in total. The van der Waals surface area contributed by atoms with Crippen LogP contribution in [0.5, 0.6) is 0 Å². The van der Waals surface area contributed by atoms with Gasteiger partial charge in [0.2, 0.25) is 0 Å². The summed E-state index contributed by atoms with van der Waals surface area (Å²) in [5.74, 6) is -0.883. The van der Waals surface area contributed by atoms with Gasteiger partial charge in [-0.25, -0.2) is 0 Å². The van der Waals surface area contributed by atoms with Crippen molar-refractivity contribution in [2.75, 3.05) is 13.2 Å². The summed E-state index contributed by atoms with van der Waals surface area (Å²) in [6.07, 6.45) is 51.5. The van der Waals surface area contributed by atoms with Crippen molar-refractivity contribution in [3.8, 4) is 0 Å². The maximum atomic E-state index is 12.7. The minimum absolute atomic E-state index is 0.0740. The molecule has 0 unspecified atom stereocenters. The van der Waals surface area contributed by atoms with Gasteiger partial charge in [0.15, 0.2) is 6.10 Å². The molecule has 0 saturated carbocycles. The first-order chi connectivity index (χ1) is 28.0. The van der Waals surface area contributed by atoms with Crippen LogP contribution in [0.15, 0.2) is 24.3 Å². The average molecular weight is 803 g/mol. The number of rotatable bonds is 45. The number of allylic oxidation sites excluding steroid dienone is 4. The third-order valence-corrected chi connectivity index (χ3v) is 10.9. The highest BCUT2D eigenvalue weighted by Crippen LogP contribution is 2.15. The molecule has 0 N–H and O–H groups in total. The molecule has 0 rings (SSSR count). The van der Waals surface area contributed by atoms with Crippen molar-refractivity contribution in [1.82, 2.24) is 0 Å². The van der Waals surface area contributed by atoms with E-state index in [2.05, 4.69) is 45.1 Å². The smallest absolute Gasteiger partial charge is 0.306 e. The predicted octanol–water partition coefficient (Wildman–Crippen LogP) is 16.0. The molecular weight excluding hydrogens is 709 g/mol. The largest absolute Gasteiger partial charge is 0.462 e. The van der Waals surface area contributed by atoms with Gasteiger partial charge in [0.25, 0.3) is 0 Å². The lowest BCUT2D eigenvalue weighted by atomic mass is 10.1. The zero-order valence-corrected chi connectivity index (χ0v) is 38.1. The molecule has 57 heavy (non-hydrogen) atoms. The van der Waals surface area contributed by atoms with E-state index in [1.165, 1.54) is 154 Å². The van der Waals surface area contributed by atoms with Crippen molar-refractivity contribution in [2.24, 2.45) is 0 Å². The van der Waals surface area contributed by atoms with Gasteiger partial charge in [0.1, 0.15) is 13.2 Å². The molecule has 0 fully saturated rings. The summed E-state index contributed by atoms with van der Waals surface area (Å²) in [7, 11) is 0. The number of esters is 3. The van der Waals surface area contributed by atoms with Gasteiger partial charge in [-0.1, -0.05) is 199 Å². The lowest BCUT2D eigenvalue weighted by molar-refractivity contribution is -0.167. The van der Waals surface area contributed by atoms with Crippen LogP contribution in [0.2, 0.25) is 0 Å². The summed E-state index contributed by atoms with van der Waals surface area (Å²) in [6, 6.07) is 0. The van der Waals surface area contributed by atoms with Crippen molar-refractivity contribution in [3.05, 3.63) is 24.3 Å². The van der Waals surface area contributed by atoms with E-state index in [1.807, 2.05) is 0 Å². The number of ether oxygens (including phenoxy) is 3. The summed E-state index contributed by atoms with van der Waals surface area (Å²) in [6.45, 7) is 6.61. The quantitative estimate of drug-likeness (QED) is 0.0264. The van der Waals surface area contributed by atoms with Crippen molar-refractivity contribution in [2.45, 2.75) is 271 Å². The number of hydrogen-bond donors (Lipinski definition) is 0. The Morgan fingerprint density at radius 2 is 0.579 bits per heavy atom. The fourth-order valence-electron chi connectivity index (χ4n) is 7.14. The van der Waals surface area contributed by atoms with E-state index < -0.39 is 6.10 Å². The van der Waals surface area contributed by atoms with Crippen LogP contribution >= 0.6 is 0 Å². The molecule has 1 atom stereocenters. The monoisotopic (exact) mass is 803 g/mol. The second-order valence-corrected chi connectivity index (χ2v) is 16.7. The fraction of sp³-hybridized carbons (Fsp3) is 0.863. The highest BCUT2D eigenvalue weighted by atomic mass is 16.6. The molecule has 0 aliphatic heterocycles. The third-order valence-electron chi connectivity index (χ3n) is 10.9. The Bertz CT molecular complexity index is 927. The van der Waals surface area contributed by atoms with Crippen molar-refractivity contribution in [1.29, 1.82) is 0 Å². The molecule has 0 aromatic rings. The van der Waals surface area contributed by atoms with Crippen LogP contribution in [0, 0.1) is 0 Å². The summed E-state index contributed by atoms with van der Waals surface area (Å²) in [5.41, 5.74) is 0. The first-order valence-electron chi connectivity index (χ1n) is 24.8. The first-order valence-corrected chi connectivity index (χ1v) is 24.8. The molecule has 0 spiro atoms. The van der Waals surface area contributed by atoms with Crippen LogP contribution in [0.1, 0.15) is 265 Å². The van der Waals surface area contributed by atoms with Crippen LogP contribution in [-0.2, 0) is 28.6 Å². The van der Waals surface area contributed by atoms with E-state index in [-0.39, 0.29) is 31.1 Å². The first kappa shape index (κ1) is 54.9.